The van der Waals surface area contributed by atoms with Gasteiger partial charge >= 0.3 is 0 Å². The number of aromatic nitrogens is 2. The van der Waals surface area contributed by atoms with Crippen LogP contribution in [0.2, 0.25) is 0 Å². The summed E-state index contributed by atoms with van der Waals surface area (Å²) < 4.78 is 9.20. The van der Waals surface area contributed by atoms with E-state index in [1.54, 1.807) is 11.3 Å². The Bertz CT molecular complexity index is 952. The predicted octanol–water partition coefficient (Wildman–Crippen LogP) is 4.21. The average molecular weight is 398 g/mol. The second kappa shape index (κ2) is 8.15. The lowest BCUT2D eigenvalue weighted by Crippen LogP contribution is -2.26. The zero-order valence-corrected chi connectivity index (χ0v) is 17.6. The van der Waals surface area contributed by atoms with Crippen LogP contribution < -0.4 is 0 Å². The first kappa shape index (κ1) is 19.3. The molecule has 4 rings (SSSR count). The van der Waals surface area contributed by atoms with Gasteiger partial charge in [0.15, 0.2) is 5.78 Å². The Morgan fingerprint density at radius 1 is 1.36 bits per heavy atom. The molecule has 1 fully saturated rings. The standard InChI is InChI=1S/C22H27N3O2S/c1-15-11-18(16(2)25(15)12-17-7-6-10-27-17)20(26)13-24(3)14-22-23-19-8-4-5-9-21(19)28-22/h4-5,8-9,11,17H,6-7,10,12-14H2,1-3H3/t17-/m0/s1. The molecule has 1 saturated heterocycles. The van der Waals surface area contributed by atoms with Gasteiger partial charge in [-0.3, -0.25) is 9.69 Å². The SMILES string of the molecule is Cc1cc(C(=O)CN(C)Cc2nc3ccccc3s2)c(C)n1C[C@@H]1CCCO1. The molecule has 0 aliphatic carbocycles. The monoisotopic (exact) mass is 397 g/mol. The molecule has 1 atom stereocenters. The van der Waals surface area contributed by atoms with E-state index in [1.807, 2.05) is 43.1 Å². The van der Waals surface area contributed by atoms with Crippen LogP contribution in [0.1, 0.15) is 39.6 Å². The molecule has 5 nitrogen and oxygen atoms in total. The number of likely N-dealkylation sites (N-methyl/N-ethyl adjacent to an activating group) is 1. The highest BCUT2D eigenvalue weighted by molar-refractivity contribution is 7.18. The lowest BCUT2D eigenvalue weighted by molar-refractivity contribution is 0.0932. The van der Waals surface area contributed by atoms with Crippen molar-refractivity contribution in [3.05, 3.63) is 52.3 Å². The number of Topliss-reactive ketones (excluding diaryl/α,β-unsaturated/α-hetero) is 1. The van der Waals surface area contributed by atoms with E-state index in [-0.39, 0.29) is 11.9 Å². The number of aryl methyl sites for hydroxylation is 1. The van der Waals surface area contributed by atoms with Crippen molar-refractivity contribution in [1.82, 2.24) is 14.5 Å². The van der Waals surface area contributed by atoms with Gasteiger partial charge in [-0.1, -0.05) is 12.1 Å². The summed E-state index contributed by atoms with van der Waals surface area (Å²) in [7, 11) is 1.98. The van der Waals surface area contributed by atoms with Crippen molar-refractivity contribution in [2.45, 2.75) is 45.9 Å². The molecule has 0 unspecified atom stereocenters. The minimum absolute atomic E-state index is 0.162. The smallest absolute Gasteiger partial charge is 0.178 e. The van der Waals surface area contributed by atoms with Crippen LogP contribution in [-0.4, -0.2) is 46.5 Å². The van der Waals surface area contributed by atoms with Crippen LogP contribution in [0.15, 0.2) is 30.3 Å². The molecule has 148 valence electrons. The second-order valence-corrected chi connectivity index (χ2v) is 8.82. The topological polar surface area (TPSA) is 47.4 Å². The summed E-state index contributed by atoms with van der Waals surface area (Å²) >= 11 is 1.69. The van der Waals surface area contributed by atoms with Gasteiger partial charge in [0.05, 0.1) is 29.4 Å². The fourth-order valence-electron chi connectivity index (χ4n) is 3.96. The van der Waals surface area contributed by atoms with Crippen LogP contribution in [0.4, 0.5) is 0 Å². The van der Waals surface area contributed by atoms with Gasteiger partial charge in [-0.15, -0.1) is 11.3 Å². The van der Waals surface area contributed by atoms with Crippen LogP contribution in [0, 0.1) is 13.8 Å². The van der Waals surface area contributed by atoms with Crippen LogP contribution in [0.25, 0.3) is 10.2 Å². The molecule has 0 N–H and O–H groups in total. The van der Waals surface area contributed by atoms with Crippen LogP contribution in [-0.2, 0) is 17.8 Å². The molecule has 3 aromatic rings. The van der Waals surface area contributed by atoms with Gasteiger partial charge in [0.1, 0.15) is 5.01 Å². The zero-order chi connectivity index (χ0) is 19.7. The van der Waals surface area contributed by atoms with Crippen molar-refractivity contribution in [1.29, 1.82) is 0 Å². The number of ether oxygens (including phenoxy) is 1. The molecule has 0 saturated carbocycles. The summed E-state index contributed by atoms with van der Waals surface area (Å²) in [5.41, 5.74) is 4.03. The number of para-hydroxylation sites is 1. The summed E-state index contributed by atoms with van der Waals surface area (Å²) in [4.78, 5) is 19.7. The Hall–Kier alpha value is -2.02. The number of benzene rings is 1. The Balaban J connectivity index is 1.42. The molecule has 28 heavy (non-hydrogen) atoms. The minimum atomic E-state index is 0.162. The van der Waals surface area contributed by atoms with Gasteiger partial charge in [-0.2, -0.15) is 0 Å². The fraction of sp³-hybridized carbons (Fsp3) is 0.455. The average Bonchev–Trinajstić information content (AvgIpc) is 3.37. The molecule has 6 heteroatoms. The maximum Gasteiger partial charge on any atom is 0.178 e. The molecular formula is C22H27N3O2S. The summed E-state index contributed by atoms with van der Waals surface area (Å²) in [5.74, 6) is 0.162. The maximum absolute atomic E-state index is 12.9. The molecule has 3 heterocycles. The van der Waals surface area contributed by atoms with E-state index in [1.165, 1.54) is 4.70 Å². The number of hydrogen-bond acceptors (Lipinski definition) is 5. The molecule has 0 amide bonds. The molecular weight excluding hydrogens is 370 g/mol. The van der Waals surface area contributed by atoms with Crippen molar-refractivity contribution in [2.24, 2.45) is 0 Å². The summed E-state index contributed by atoms with van der Waals surface area (Å²) in [6.45, 7) is 6.88. The summed E-state index contributed by atoms with van der Waals surface area (Å²) in [5, 5.41) is 1.04. The summed E-state index contributed by atoms with van der Waals surface area (Å²) in [6, 6.07) is 10.2. The van der Waals surface area contributed by atoms with Crippen LogP contribution in [0.3, 0.4) is 0 Å². The lowest BCUT2D eigenvalue weighted by atomic mass is 10.1. The van der Waals surface area contributed by atoms with E-state index < -0.39 is 0 Å². The van der Waals surface area contributed by atoms with E-state index in [2.05, 4.69) is 22.5 Å². The third-order valence-corrected chi connectivity index (χ3v) is 6.46. The van der Waals surface area contributed by atoms with Crippen molar-refractivity contribution in [3.8, 4) is 0 Å². The molecule has 0 spiro atoms. The molecule has 1 aliphatic rings. The number of carbonyl (C=O) groups is 1. The summed E-state index contributed by atoms with van der Waals surface area (Å²) in [6.07, 6.45) is 2.51. The molecule has 1 aliphatic heterocycles. The van der Waals surface area contributed by atoms with E-state index in [9.17, 15) is 4.79 Å². The number of fused-ring (bicyclic) bond motifs is 1. The van der Waals surface area contributed by atoms with Crippen molar-refractivity contribution in [3.63, 3.8) is 0 Å². The molecule has 0 radical (unpaired) electrons. The van der Waals surface area contributed by atoms with E-state index in [0.29, 0.717) is 13.1 Å². The highest BCUT2D eigenvalue weighted by Gasteiger charge is 2.21. The number of ketones is 1. The number of hydrogen-bond donors (Lipinski definition) is 0. The highest BCUT2D eigenvalue weighted by atomic mass is 32.1. The normalized spacial score (nSPS) is 17.1. The Kier molecular flexibility index (Phi) is 5.62. The van der Waals surface area contributed by atoms with E-state index in [4.69, 9.17) is 4.74 Å². The largest absolute Gasteiger partial charge is 0.376 e. The quantitative estimate of drug-likeness (QED) is 0.561. The lowest BCUT2D eigenvalue weighted by Gasteiger charge is -2.16. The van der Waals surface area contributed by atoms with Gasteiger partial charge in [0, 0.05) is 30.1 Å². The van der Waals surface area contributed by atoms with Crippen molar-refractivity contribution in [2.75, 3.05) is 20.2 Å². The Morgan fingerprint density at radius 2 is 2.18 bits per heavy atom. The number of rotatable bonds is 7. The van der Waals surface area contributed by atoms with Gasteiger partial charge < -0.3 is 9.30 Å². The van der Waals surface area contributed by atoms with Crippen LogP contribution >= 0.6 is 11.3 Å². The third-order valence-electron chi connectivity index (χ3n) is 5.44. The highest BCUT2D eigenvalue weighted by Crippen LogP contribution is 2.23. The number of carbonyl (C=O) groups excluding carboxylic acids is 1. The molecule has 1 aromatic carbocycles. The van der Waals surface area contributed by atoms with E-state index >= 15 is 0 Å². The third kappa shape index (κ3) is 4.04. The predicted molar refractivity (Wildman–Crippen MR) is 113 cm³/mol. The second-order valence-electron chi connectivity index (χ2n) is 7.70. The van der Waals surface area contributed by atoms with Gasteiger partial charge in [-0.05, 0) is 51.9 Å². The van der Waals surface area contributed by atoms with Gasteiger partial charge in [0.25, 0.3) is 0 Å². The first-order valence-electron chi connectivity index (χ1n) is 9.86. The van der Waals surface area contributed by atoms with Crippen molar-refractivity contribution >= 4 is 27.3 Å². The fourth-order valence-corrected chi connectivity index (χ4v) is 5.01. The zero-order valence-electron chi connectivity index (χ0n) is 16.8. The first-order valence-corrected chi connectivity index (χ1v) is 10.7. The minimum Gasteiger partial charge on any atom is -0.376 e. The Morgan fingerprint density at radius 3 is 2.93 bits per heavy atom. The van der Waals surface area contributed by atoms with Gasteiger partial charge in [0.2, 0.25) is 0 Å². The number of thiazole rings is 1. The van der Waals surface area contributed by atoms with Crippen LogP contribution in [0.5, 0.6) is 0 Å². The molecule has 0 bridgehead atoms. The van der Waals surface area contributed by atoms with Gasteiger partial charge in [-0.25, -0.2) is 4.98 Å². The maximum atomic E-state index is 12.9. The Labute approximate surface area is 169 Å². The van der Waals surface area contributed by atoms with Crippen molar-refractivity contribution < 1.29 is 9.53 Å². The first-order chi connectivity index (χ1) is 13.5. The number of nitrogens with zero attached hydrogens (tertiary/aromatic N) is 3. The van der Waals surface area contributed by atoms with E-state index in [0.717, 1.165) is 53.5 Å². The molecule has 2 aromatic heterocycles.